The van der Waals surface area contributed by atoms with Crippen LogP contribution < -0.4 is 5.32 Å². The van der Waals surface area contributed by atoms with Crippen LogP contribution in [0.3, 0.4) is 0 Å². The van der Waals surface area contributed by atoms with Gasteiger partial charge in [0.25, 0.3) is 0 Å². The lowest BCUT2D eigenvalue weighted by atomic mass is 9.99. The van der Waals surface area contributed by atoms with Gasteiger partial charge in [-0.3, -0.25) is 10.1 Å². The smallest absolute Gasteiger partial charge is 0.320 e. The molecule has 3 rings (SSSR count). The Morgan fingerprint density at radius 2 is 1.92 bits per heavy atom. The Morgan fingerprint density at radius 3 is 2.60 bits per heavy atom. The maximum Gasteiger partial charge on any atom is 0.320 e. The first-order valence-corrected chi connectivity index (χ1v) is 8.59. The summed E-state index contributed by atoms with van der Waals surface area (Å²) in [5.41, 5.74) is 3.73. The zero-order valence-electron chi connectivity index (χ0n) is 14.5. The van der Waals surface area contributed by atoms with E-state index in [1.165, 1.54) is 0 Å². The van der Waals surface area contributed by atoms with Crippen LogP contribution >= 0.6 is 0 Å². The van der Waals surface area contributed by atoms with Crippen LogP contribution in [0, 0.1) is 5.92 Å². The molecule has 3 aromatic rings. The van der Waals surface area contributed by atoms with Crippen LogP contribution in [0.5, 0.6) is 0 Å². The molecule has 1 aromatic carbocycles. The Kier molecular flexibility index (Phi) is 5.14. The number of hydrogen-bond acceptors (Lipinski definition) is 3. The van der Waals surface area contributed by atoms with Crippen LogP contribution in [0.1, 0.15) is 26.0 Å². The molecule has 2 heterocycles. The molecule has 2 N–H and O–H groups in total. The van der Waals surface area contributed by atoms with Crippen molar-refractivity contribution in [2.45, 2.75) is 32.9 Å². The van der Waals surface area contributed by atoms with Gasteiger partial charge in [0.15, 0.2) is 0 Å². The first-order valence-electron chi connectivity index (χ1n) is 8.59. The van der Waals surface area contributed by atoms with E-state index < -0.39 is 12.0 Å². The minimum atomic E-state index is -0.815. The number of carboxylic acid groups (broad SMARTS) is 1. The van der Waals surface area contributed by atoms with Gasteiger partial charge in [0.05, 0.1) is 11.4 Å². The summed E-state index contributed by atoms with van der Waals surface area (Å²) >= 11 is 0. The molecule has 0 amide bonds. The number of fused-ring (bicyclic) bond motifs is 1. The summed E-state index contributed by atoms with van der Waals surface area (Å²) in [6, 6.07) is 15.3. The van der Waals surface area contributed by atoms with Crippen LogP contribution in [0.2, 0.25) is 0 Å². The quantitative estimate of drug-likeness (QED) is 0.691. The molecule has 0 saturated heterocycles. The van der Waals surface area contributed by atoms with Gasteiger partial charge in [-0.2, -0.15) is 0 Å². The highest BCUT2D eigenvalue weighted by Gasteiger charge is 2.24. The Morgan fingerprint density at radius 1 is 1.20 bits per heavy atom. The summed E-state index contributed by atoms with van der Waals surface area (Å²) in [7, 11) is 0. The van der Waals surface area contributed by atoms with Crippen molar-refractivity contribution >= 4 is 11.6 Å². The van der Waals surface area contributed by atoms with E-state index in [-0.39, 0.29) is 5.92 Å². The number of nitrogens with zero attached hydrogens (tertiary/aromatic N) is 2. The summed E-state index contributed by atoms with van der Waals surface area (Å²) in [4.78, 5) is 16.3. The number of aromatic nitrogens is 2. The highest BCUT2D eigenvalue weighted by atomic mass is 16.4. The molecule has 2 aromatic heterocycles. The number of rotatable bonds is 7. The van der Waals surface area contributed by atoms with Crippen molar-refractivity contribution in [2.75, 3.05) is 0 Å². The van der Waals surface area contributed by atoms with Gasteiger partial charge < -0.3 is 9.51 Å². The van der Waals surface area contributed by atoms with Crippen molar-refractivity contribution in [1.82, 2.24) is 14.7 Å². The molecule has 25 heavy (non-hydrogen) atoms. The molecule has 130 valence electrons. The highest BCUT2D eigenvalue weighted by molar-refractivity contribution is 5.74. The zero-order chi connectivity index (χ0) is 17.8. The molecule has 5 nitrogen and oxygen atoms in total. The zero-order valence-corrected chi connectivity index (χ0v) is 14.5. The van der Waals surface area contributed by atoms with Crippen molar-refractivity contribution in [3.63, 3.8) is 0 Å². The molecule has 0 saturated carbocycles. The second-order valence-corrected chi connectivity index (χ2v) is 6.28. The predicted octanol–water partition coefficient (Wildman–Crippen LogP) is 3.59. The number of carboxylic acids is 1. The third kappa shape index (κ3) is 3.56. The molecule has 0 spiro atoms. The van der Waals surface area contributed by atoms with Gasteiger partial charge in [-0.05, 0) is 18.1 Å². The largest absolute Gasteiger partial charge is 0.480 e. The fourth-order valence-electron chi connectivity index (χ4n) is 3.02. The molecule has 0 radical (unpaired) electrons. The highest BCUT2D eigenvalue weighted by Crippen LogP contribution is 2.24. The van der Waals surface area contributed by atoms with Gasteiger partial charge in [0, 0.05) is 18.3 Å². The Bertz CT molecular complexity index is 858. The Hall–Kier alpha value is -2.66. The summed E-state index contributed by atoms with van der Waals surface area (Å²) in [5.74, 6) is -0.763. The number of hydrogen-bond donors (Lipinski definition) is 2. The third-order valence-corrected chi connectivity index (χ3v) is 4.64. The van der Waals surface area contributed by atoms with Gasteiger partial charge in [0.2, 0.25) is 0 Å². The second kappa shape index (κ2) is 7.49. The van der Waals surface area contributed by atoms with Gasteiger partial charge in [-0.15, -0.1) is 0 Å². The number of imidazole rings is 1. The molecule has 2 atom stereocenters. The van der Waals surface area contributed by atoms with E-state index in [9.17, 15) is 9.90 Å². The summed E-state index contributed by atoms with van der Waals surface area (Å²) in [5, 5.41) is 12.7. The third-order valence-electron chi connectivity index (χ3n) is 4.64. The fourth-order valence-corrected chi connectivity index (χ4v) is 3.02. The van der Waals surface area contributed by atoms with Gasteiger partial charge in [-0.25, -0.2) is 4.98 Å². The summed E-state index contributed by atoms with van der Waals surface area (Å²) < 4.78 is 2.02. The van der Waals surface area contributed by atoms with Crippen molar-refractivity contribution in [1.29, 1.82) is 0 Å². The van der Waals surface area contributed by atoms with E-state index >= 15 is 0 Å². The van der Waals surface area contributed by atoms with E-state index in [4.69, 9.17) is 4.98 Å². The van der Waals surface area contributed by atoms with Crippen LogP contribution in [0.25, 0.3) is 16.9 Å². The van der Waals surface area contributed by atoms with Crippen LogP contribution in [-0.4, -0.2) is 26.5 Å². The number of benzene rings is 1. The minimum Gasteiger partial charge on any atom is -0.480 e. The lowest BCUT2D eigenvalue weighted by Crippen LogP contribution is -2.41. The number of nitrogens with one attached hydrogen (secondary N) is 1. The molecule has 0 bridgehead atoms. The maximum absolute atomic E-state index is 11.6. The normalized spacial score (nSPS) is 13.7. The molecule has 5 heteroatoms. The van der Waals surface area contributed by atoms with E-state index in [0.29, 0.717) is 6.54 Å². The lowest BCUT2D eigenvalue weighted by molar-refractivity contribution is -0.140. The number of pyridine rings is 1. The van der Waals surface area contributed by atoms with Crippen molar-refractivity contribution in [3.05, 3.63) is 60.4 Å². The van der Waals surface area contributed by atoms with Gasteiger partial charge in [0.1, 0.15) is 11.7 Å². The van der Waals surface area contributed by atoms with Gasteiger partial charge in [-0.1, -0.05) is 56.7 Å². The van der Waals surface area contributed by atoms with Crippen molar-refractivity contribution in [3.8, 4) is 11.3 Å². The van der Waals surface area contributed by atoms with Crippen LogP contribution in [-0.2, 0) is 11.3 Å². The lowest BCUT2D eigenvalue weighted by Gasteiger charge is -2.20. The summed E-state index contributed by atoms with van der Waals surface area (Å²) in [6.07, 6.45) is 2.77. The molecule has 0 aliphatic carbocycles. The van der Waals surface area contributed by atoms with Crippen molar-refractivity contribution < 1.29 is 9.90 Å². The average molecular weight is 337 g/mol. The van der Waals surface area contributed by atoms with Crippen molar-refractivity contribution in [2.24, 2.45) is 5.92 Å². The maximum atomic E-state index is 11.6. The Labute approximate surface area is 147 Å². The topological polar surface area (TPSA) is 66.6 Å². The van der Waals surface area contributed by atoms with E-state index in [0.717, 1.165) is 29.0 Å². The number of carbonyl (C=O) groups is 1. The SMILES string of the molecule is CC[C@H](C)[C@H](NCc1c(-c2ccccc2)nc2ccccn12)C(=O)O. The summed E-state index contributed by atoms with van der Waals surface area (Å²) in [6.45, 7) is 4.40. The first kappa shape index (κ1) is 17.2. The van der Waals surface area contributed by atoms with Gasteiger partial charge >= 0.3 is 5.97 Å². The van der Waals surface area contributed by atoms with Crippen LogP contribution in [0.15, 0.2) is 54.7 Å². The predicted molar refractivity (Wildman–Crippen MR) is 98.3 cm³/mol. The molecular weight excluding hydrogens is 314 g/mol. The molecular formula is C20H23N3O2. The standard InChI is InChI=1S/C20H23N3O2/c1-3-14(2)18(20(24)25)21-13-16-19(15-9-5-4-6-10-15)22-17-11-7-8-12-23(16)17/h4-12,14,18,21H,3,13H2,1-2H3,(H,24,25)/t14-,18-/m0/s1. The molecule has 0 fully saturated rings. The number of aliphatic carboxylic acids is 1. The first-order chi connectivity index (χ1) is 12.1. The fraction of sp³-hybridized carbons (Fsp3) is 0.300. The van der Waals surface area contributed by atoms with E-state index in [2.05, 4.69) is 5.32 Å². The molecule has 0 unspecified atom stereocenters. The average Bonchev–Trinajstić information content (AvgIpc) is 3.01. The van der Waals surface area contributed by atoms with E-state index in [1.54, 1.807) is 0 Å². The monoisotopic (exact) mass is 337 g/mol. The Balaban J connectivity index is 1.98. The van der Waals surface area contributed by atoms with E-state index in [1.807, 2.05) is 73.0 Å². The molecule has 0 aliphatic heterocycles. The molecule has 0 aliphatic rings. The van der Waals surface area contributed by atoms with Crippen LogP contribution in [0.4, 0.5) is 0 Å². The second-order valence-electron chi connectivity index (χ2n) is 6.28. The minimum absolute atomic E-state index is 0.0526.